The predicted molar refractivity (Wildman–Crippen MR) is 13.1 cm³/mol. The Morgan fingerprint density at radius 1 is 2.00 bits per heavy atom. The van der Waals surface area contributed by atoms with Crippen LogP contribution in [0.2, 0.25) is 0 Å². The quantitative estimate of drug-likeness (QED) is 0.354. The number of hydrogen-bond acceptors (Lipinski definition) is 2. The first-order valence-electron chi connectivity index (χ1n) is 0.805. The van der Waals surface area contributed by atoms with E-state index in [1.807, 2.05) is 0 Å². The summed E-state index contributed by atoms with van der Waals surface area (Å²) in [5, 5.41) is 8.95. The molecule has 0 unspecified atom stereocenters. The summed E-state index contributed by atoms with van der Waals surface area (Å²) in [5.74, 6) is 0. The maximum absolute atomic E-state index is 9.12. The van der Waals surface area contributed by atoms with Gasteiger partial charge in [0.1, 0.15) is 0 Å². The molecule has 24 valence electrons. The fourth-order valence-corrected chi connectivity index (χ4v) is 0. The standard InChI is InChI=1S/H2NO.O.Sn.H/c1-2;;;/h1H2;;;/q-1;;+1;. The average molecular weight is 168 g/mol. The van der Waals surface area contributed by atoms with Crippen LogP contribution in [0.1, 0.15) is 0 Å². The van der Waals surface area contributed by atoms with E-state index in [-0.39, 0.29) is 0 Å². The summed E-state index contributed by atoms with van der Waals surface area (Å²) >= 11 is -1.84. The average Bonchev–Trinajstić information content (AvgIpc) is 1.37. The molecule has 0 radical (unpaired) electrons. The summed E-state index contributed by atoms with van der Waals surface area (Å²) in [5.41, 5.74) is 0. The van der Waals surface area contributed by atoms with Gasteiger partial charge in [-0.15, -0.1) is 0 Å². The van der Waals surface area contributed by atoms with E-state index < -0.39 is 21.4 Å². The normalized spacial score (nSPS) is 6.25. The number of nitrogens with two attached hydrogens (primary N) is 1. The molecule has 2 N–H and O–H groups in total. The Labute approximate surface area is 33.9 Å². The van der Waals surface area contributed by atoms with Gasteiger partial charge in [0.2, 0.25) is 0 Å². The van der Waals surface area contributed by atoms with Crippen LogP contribution in [0.15, 0.2) is 0 Å². The number of hydrogen-bond donors (Lipinski definition) is 1. The Morgan fingerprint density at radius 2 is 2.25 bits per heavy atom. The van der Waals surface area contributed by atoms with Crippen molar-refractivity contribution in [1.82, 2.24) is 0 Å². The minimum absolute atomic E-state index is 0.509. The number of rotatable bonds is 1. The summed E-state index contributed by atoms with van der Waals surface area (Å²) in [7, 11) is 0. The third kappa shape index (κ3) is 2.52. The van der Waals surface area contributed by atoms with Gasteiger partial charge in [0.05, 0.1) is 0 Å². The van der Waals surface area contributed by atoms with Crippen LogP contribution in [-0.4, -0.2) is 21.4 Å². The first-order chi connectivity index (χ1) is 1.91. The van der Waals surface area contributed by atoms with Crippen molar-refractivity contribution in [3.63, 3.8) is 0 Å². The van der Waals surface area contributed by atoms with Gasteiger partial charge in [0.15, 0.2) is 0 Å². The molecule has 0 spiro atoms. The third-order valence-electron chi connectivity index (χ3n) is 0.0556. The Kier molecular flexibility index (Phi) is 3.97. The zero-order valence-electron chi connectivity index (χ0n) is 1.97. The van der Waals surface area contributed by atoms with Crippen molar-refractivity contribution in [3.05, 3.63) is 5.21 Å². The maximum atomic E-state index is 9.12. The van der Waals surface area contributed by atoms with Crippen LogP contribution in [0.3, 0.4) is 0 Å². The van der Waals surface area contributed by atoms with E-state index in [1.165, 1.54) is 0 Å². The minimum atomic E-state index is -1.84. The van der Waals surface area contributed by atoms with Crippen LogP contribution in [0, 0.1) is 5.21 Å². The van der Waals surface area contributed by atoms with Crippen molar-refractivity contribution in [2.24, 2.45) is 0 Å². The van der Waals surface area contributed by atoms with Gasteiger partial charge in [-0.1, -0.05) is 0 Å². The molecule has 0 aromatic heterocycles. The van der Waals surface area contributed by atoms with Crippen LogP contribution in [0.4, 0.5) is 0 Å². The molecule has 4 heteroatoms. The molecule has 0 bridgehead atoms. The van der Waals surface area contributed by atoms with Crippen LogP contribution < -0.4 is 3.70 Å². The van der Waals surface area contributed by atoms with E-state index in [9.17, 15) is 0 Å². The van der Waals surface area contributed by atoms with Gasteiger partial charge in [-0.2, -0.15) is 0 Å². The zero-order chi connectivity index (χ0) is 3.41. The second-order valence-electron chi connectivity index (χ2n) is 0.272. The summed E-state index contributed by atoms with van der Waals surface area (Å²) in [6.45, 7) is 0. The SMILES string of the molecule is [O]=[SnH][NH2+][O-]. The Bertz CT molecular complexity index is 20.0. The van der Waals surface area contributed by atoms with Crippen LogP contribution in [-0.2, 0) is 3.08 Å². The molecule has 0 saturated carbocycles. The summed E-state index contributed by atoms with van der Waals surface area (Å²) in [6, 6.07) is 0. The molecule has 0 aliphatic rings. The number of quaternary nitrogens is 1. The summed E-state index contributed by atoms with van der Waals surface area (Å²) < 4.78 is 9.63. The monoisotopic (exact) mass is 169 g/mol. The van der Waals surface area contributed by atoms with Crippen molar-refractivity contribution in [3.8, 4) is 0 Å². The van der Waals surface area contributed by atoms with Gasteiger partial charge in [-0.25, -0.2) is 0 Å². The van der Waals surface area contributed by atoms with Crippen molar-refractivity contribution < 1.29 is 6.78 Å². The van der Waals surface area contributed by atoms with E-state index in [0.29, 0.717) is 3.70 Å². The van der Waals surface area contributed by atoms with Gasteiger partial charge in [-0.3, -0.25) is 0 Å². The van der Waals surface area contributed by atoms with E-state index in [1.54, 1.807) is 0 Å². The van der Waals surface area contributed by atoms with Gasteiger partial charge in [-0.05, 0) is 0 Å². The summed E-state index contributed by atoms with van der Waals surface area (Å²) in [4.78, 5) is 0. The topological polar surface area (TPSA) is 56.7 Å². The second kappa shape index (κ2) is 3.52. The molecule has 0 fully saturated rings. The van der Waals surface area contributed by atoms with Crippen molar-refractivity contribution >= 4 is 21.4 Å². The van der Waals surface area contributed by atoms with Gasteiger partial charge < -0.3 is 0 Å². The molecule has 0 saturated heterocycles. The first-order valence-corrected chi connectivity index (χ1v) is 4.05. The molecular weight excluding hydrogens is 165 g/mol. The van der Waals surface area contributed by atoms with E-state index in [4.69, 9.17) is 8.28 Å². The van der Waals surface area contributed by atoms with Crippen molar-refractivity contribution in [2.45, 2.75) is 0 Å². The summed E-state index contributed by atoms with van der Waals surface area (Å²) in [6.07, 6.45) is 0. The molecule has 0 aromatic rings. The van der Waals surface area contributed by atoms with Gasteiger partial charge in [0.25, 0.3) is 0 Å². The third-order valence-corrected chi connectivity index (χ3v) is 0.373. The van der Waals surface area contributed by atoms with Gasteiger partial charge >= 0.3 is 33.4 Å². The van der Waals surface area contributed by atoms with Gasteiger partial charge in [0, 0.05) is 0 Å². The Balaban J connectivity index is 2.30. The van der Waals surface area contributed by atoms with Crippen LogP contribution in [0.5, 0.6) is 0 Å². The Hall–Kier alpha value is 0.519. The van der Waals surface area contributed by atoms with E-state index >= 15 is 0 Å². The van der Waals surface area contributed by atoms with Crippen LogP contribution in [0.25, 0.3) is 0 Å². The molecule has 4 heavy (non-hydrogen) atoms. The molecule has 3 nitrogen and oxygen atoms in total. The van der Waals surface area contributed by atoms with E-state index in [0.717, 1.165) is 0 Å². The molecule has 0 aliphatic heterocycles. The molecule has 0 heterocycles. The molecule has 0 rings (SSSR count). The zero-order valence-corrected chi connectivity index (χ0v) is 5.27. The Morgan fingerprint density at radius 3 is 2.25 bits per heavy atom. The van der Waals surface area contributed by atoms with Crippen molar-refractivity contribution in [1.29, 1.82) is 0 Å². The first kappa shape index (κ1) is 4.52. The molecule has 0 aliphatic carbocycles. The molecular formula is H3NO2Sn. The van der Waals surface area contributed by atoms with Crippen molar-refractivity contribution in [2.75, 3.05) is 0 Å². The molecule has 0 atom stereocenters. The second-order valence-corrected chi connectivity index (χ2v) is 1.83. The molecule has 0 aromatic carbocycles. The van der Waals surface area contributed by atoms with E-state index in [2.05, 4.69) is 0 Å². The van der Waals surface area contributed by atoms with Crippen LogP contribution >= 0.6 is 0 Å². The molecule has 0 amide bonds. The fraction of sp³-hybridized carbons (Fsp3) is 0. The predicted octanol–water partition coefficient (Wildman–Crippen LogP) is -2.26. The fourth-order valence-electron chi connectivity index (χ4n) is 0.